The molecule has 1 aliphatic rings. The Bertz CT molecular complexity index is 549. The van der Waals surface area contributed by atoms with Gasteiger partial charge in [-0.1, -0.05) is 30.3 Å². The number of hydrogen-bond acceptors (Lipinski definition) is 6. The molecule has 0 spiro atoms. The number of carbonyl (C=O) groups excluding carboxylic acids is 2. The zero-order chi connectivity index (χ0) is 17.0. The van der Waals surface area contributed by atoms with Gasteiger partial charge in [0.2, 0.25) is 5.91 Å². The predicted molar refractivity (Wildman–Crippen MR) is 80.1 cm³/mol. The van der Waals surface area contributed by atoms with E-state index < -0.39 is 42.4 Å². The molecule has 1 heterocycles. The fourth-order valence-corrected chi connectivity index (χ4v) is 2.57. The van der Waals surface area contributed by atoms with E-state index in [1.54, 1.807) is 6.92 Å². The lowest BCUT2D eigenvalue weighted by Crippen LogP contribution is -2.62. The van der Waals surface area contributed by atoms with Crippen LogP contribution < -0.4 is 5.73 Å². The second kappa shape index (κ2) is 7.54. The minimum Gasteiger partial charge on any atom is -0.457 e. The zero-order valence-corrected chi connectivity index (χ0v) is 13.0. The van der Waals surface area contributed by atoms with Gasteiger partial charge in [0, 0.05) is 6.92 Å². The molecule has 1 fully saturated rings. The van der Waals surface area contributed by atoms with Gasteiger partial charge in [-0.15, -0.1) is 0 Å². The van der Waals surface area contributed by atoms with E-state index in [9.17, 15) is 14.7 Å². The van der Waals surface area contributed by atoms with Gasteiger partial charge >= 0.3 is 5.97 Å². The molecule has 0 radical (unpaired) electrons. The van der Waals surface area contributed by atoms with E-state index in [1.165, 1.54) is 6.92 Å². The molecule has 1 amide bonds. The smallest absolute Gasteiger partial charge is 0.303 e. The van der Waals surface area contributed by atoms with E-state index in [0.29, 0.717) is 0 Å². The minimum absolute atomic E-state index is 0.193. The Morgan fingerprint density at radius 1 is 1.26 bits per heavy atom. The molecular formula is C16H21NO6. The fraction of sp³-hybridized carbons (Fsp3) is 0.500. The summed E-state index contributed by atoms with van der Waals surface area (Å²) in [6.07, 6.45) is -4.92. The van der Waals surface area contributed by atoms with Crippen LogP contribution in [0.5, 0.6) is 0 Å². The van der Waals surface area contributed by atoms with Crippen LogP contribution in [-0.2, 0) is 30.4 Å². The zero-order valence-electron chi connectivity index (χ0n) is 13.0. The first kappa shape index (κ1) is 17.4. The van der Waals surface area contributed by atoms with Crippen molar-refractivity contribution in [3.63, 3.8) is 0 Å². The van der Waals surface area contributed by atoms with Crippen LogP contribution in [0, 0.1) is 0 Å². The standard InChI is InChI=1S/C16H21NO6/c1-9-13(23-10(2)18)14(12(19)15(22-9)16(17)20)21-8-11-6-4-3-5-7-11/h3-7,9,12-15,19H,8H2,1-2H3,(H2,17,20)/t9-,12-,13?,14-,15?/m0/s1. The molecule has 1 aliphatic heterocycles. The Morgan fingerprint density at radius 2 is 1.91 bits per heavy atom. The maximum atomic E-state index is 11.4. The molecule has 1 aromatic rings. The van der Waals surface area contributed by atoms with Crippen LogP contribution in [-0.4, -0.2) is 47.5 Å². The number of carbonyl (C=O) groups is 2. The lowest BCUT2D eigenvalue weighted by molar-refractivity contribution is -0.238. The van der Waals surface area contributed by atoms with E-state index in [-0.39, 0.29) is 6.61 Å². The summed E-state index contributed by atoms with van der Waals surface area (Å²) in [6, 6.07) is 9.32. The van der Waals surface area contributed by atoms with E-state index in [0.717, 1.165) is 5.56 Å². The van der Waals surface area contributed by atoms with Gasteiger partial charge in [0.15, 0.2) is 12.2 Å². The average Bonchev–Trinajstić information content (AvgIpc) is 2.50. The molecule has 7 heteroatoms. The molecule has 23 heavy (non-hydrogen) atoms. The van der Waals surface area contributed by atoms with Crippen molar-refractivity contribution in [2.24, 2.45) is 5.73 Å². The third kappa shape index (κ3) is 4.28. The van der Waals surface area contributed by atoms with Crippen LogP contribution in [0.2, 0.25) is 0 Å². The summed E-state index contributed by atoms with van der Waals surface area (Å²) in [5.41, 5.74) is 6.13. The quantitative estimate of drug-likeness (QED) is 0.746. The minimum atomic E-state index is -1.32. The van der Waals surface area contributed by atoms with Gasteiger partial charge in [0.05, 0.1) is 12.7 Å². The number of primary amides is 1. The number of esters is 1. The van der Waals surface area contributed by atoms with E-state index in [4.69, 9.17) is 19.9 Å². The second-order valence-corrected chi connectivity index (χ2v) is 5.49. The predicted octanol–water partition coefficient (Wildman–Crippen LogP) is 0.137. The Hall–Kier alpha value is -1.96. The molecule has 5 atom stereocenters. The summed E-state index contributed by atoms with van der Waals surface area (Å²) in [7, 11) is 0. The number of aliphatic hydroxyl groups excluding tert-OH is 1. The van der Waals surface area contributed by atoms with Crippen LogP contribution in [0.15, 0.2) is 30.3 Å². The molecule has 0 aromatic heterocycles. The largest absolute Gasteiger partial charge is 0.457 e. The van der Waals surface area contributed by atoms with Gasteiger partial charge in [0.25, 0.3) is 0 Å². The molecule has 126 valence electrons. The lowest BCUT2D eigenvalue weighted by atomic mass is 9.94. The molecule has 2 unspecified atom stereocenters. The van der Waals surface area contributed by atoms with Crippen molar-refractivity contribution in [2.45, 2.75) is 51.0 Å². The number of rotatable bonds is 5. The Balaban J connectivity index is 2.16. The Labute approximate surface area is 134 Å². The van der Waals surface area contributed by atoms with E-state index in [1.807, 2.05) is 30.3 Å². The Morgan fingerprint density at radius 3 is 2.48 bits per heavy atom. The van der Waals surface area contributed by atoms with Gasteiger partial charge in [-0.25, -0.2) is 0 Å². The van der Waals surface area contributed by atoms with Crippen molar-refractivity contribution < 1.29 is 28.9 Å². The summed E-state index contributed by atoms with van der Waals surface area (Å²) < 4.78 is 16.3. The number of aliphatic hydroxyl groups is 1. The van der Waals surface area contributed by atoms with Gasteiger partial charge < -0.3 is 25.1 Å². The molecule has 7 nitrogen and oxygen atoms in total. The van der Waals surface area contributed by atoms with Crippen molar-refractivity contribution in [3.8, 4) is 0 Å². The molecule has 0 bridgehead atoms. The first-order chi connectivity index (χ1) is 10.9. The van der Waals surface area contributed by atoms with Crippen molar-refractivity contribution in [1.29, 1.82) is 0 Å². The molecule has 0 aliphatic carbocycles. The first-order valence-corrected chi connectivity index (χ1v) is 7.35. The number of benzene rings is 1. The maximum Gasteiger partial charge on any atom is 0.303 e. The molecule has 2 rings (SSSR count). The van der Waals surface area contributed by atoms with Crippen molar-refractivity contribution in [3.05, 3.63) is 35.9 Å². The number of nitrogens with two attached hydrogens (primary N) is 1. The van der Waals surface area contributed by atoms with Crippen LogP contribution in [0.3, 0.4) is 0 Å². The van der Waals surface area contributed by atoms with Crippen molar-refractivity contribution in [2.75, 3.05) is 0 Å². The second-order valence-electron chi connectivity index (χ2n) is 5.49. The van der Waals surface area contributed by atoms with Gasteiger partial charge in [-0.3, -0.25) is 9.59 Å². The SMILES string of the molecule is CC(=O)OC1[C@H](C)OC(C(N)=O)[C@@H](O)[C@@H]1OCc1ccccc1. The Kier molecular flexibility index (Phi) is 5.70. The van der Waals surface area contributed by atoms with Crippen molar-refractivity contribution in [1.82, 2.24) is 0 Å². The topological polar surface area (TPSA) is 108 Å². The van der Waals surface area contributed by atoms with Gasteiger partial charge in [-0.05, 0) is 12.5 Å². The molecule has 0 saturated carbocycles. The van der Waals surface area contributed by atoms with Gasteiger partial charge in [0.1, 0.15) is 12.2 Å². The normalized spacial score (nSPS) is 30.7. The van der Waals surface area contributed by atoms with Gasteiger partial charge in [-0.2, -0.15) is 0 Å². The highest BCUT2D eigenvalue weighted by Crippen LogP contribution is 2.26. The van der Waals surface area contributed by atoms with E-state index in [2.05, 4.69) is 0 Å². The maximum absolute atomic E-state index is 11.4. The average molecular weight is 323 g/mol. The lowest BCUT2D eigenvalue weighted by Gasteiger charge is -2.41. The summed E-state index contributed by atoms with van der Waals surface area (Å²) in [5.74, 6) is -1.32. The molecule has 1 aromatic carbocycles. The molecule has 3 N–H and O–H groups in total. The monoisotopic (exact) mass is 323 g/mol. The molecular weight excluding hydrogens is 302 g/mol. The summed E-state index contributed by atoms with van der Waals surface area (Å²) in [4.78, 5) is 22.7. The molecule has 1 saturated heterocycles. The third-order valence-electron chi connectivity index (χ3n) is 3.66. The fourth-order valence-electron chi connectivity index (χ4n) is 2.57. The highest BCUT2D eigenvalue weighted by molar-refractivity contribution is 5.79. The van der Waals surface area contributed by atoms with Crippen LogP contribution in [0.4, 0.5) is 0 Å². The van der Waals surface area contributed by atoms with Crippen LogP contribution >= 0.6 is 0 Å². The number of ether oxygens (including phenoxy) is 3. The van der Waals surface area contributed by atoms with Crippen LogP contribution in [0.1, 0.15) is 19.4 Å². The highest BCUT2D eigenvalue weighted by Gasteiger charge is 2.48. The van der Waals surface area contributed by atoms with E-state index >= 15 is 0 Å². The van der Waals surface area contributed by atoms with Crippen LogP contribution in [0.25, 0.3) is 0 Å². The first-order valence-electron chi connectivity index (χ1n) is 7.35. The summed E-state index contributed by atoms with van der Waals surface area (Å²) in [5, 5.41) is 10.3. The highest BCUT2D eigenvalue weighted by atomic mass is 16.6. The van der Waals surface area contributed by atoms with Crippen molar-refractivity contribution >= 4 is 11.9 Å². The summed E-state index contributed by atoms with van der Waals surface area (Å²) >= 11 is 0. The summed E-state index contributed by atoms with van der Waals surface area (Å²) in [6.45, 7) is 3.08. The third-order valence-corrected chi connectivity index (χ3v) is 3.66. The number of amides is 1. The number of hydrogen-bond donors (Lipinski definition) is 2.